The highest BCUT2D eigenvalue weighted by molar-refractivity contribution is 7.10. The van der Waals surface area contributed by atoms with E-state index in [1.807, 2.05) is 11.3 Å². The summed E-state index contributed by atoms with van der Waals surface area (Å²) < 4.78 is 0. The Morgan fingerprint density at radius 1 is 1.27 bits per heavy atom. The van der Waals surface area contributed by atoms with Crippen LogP contribution in [0.25, 0.3) is 0 Å². The molecule has 116 valence electrons. The summed E-state index contributed by atoms with van der Waals surface area (Å²) in [5.74, 6) is 1.17. The number of aromatic nitrogens is 2. The van der Waals surface area contributed by atoms with Crippen molar-refractivity contribution in [2.45, 2.75) is 38.8 Å². The number of likely N-dealkylation sites (N-methyl/N-ethyl adjacent to an activating group) is 1. The molecule has 2 aromatic heterocycles. The molecule has 2 aliphatic rings. The number of thiophene rings is 1. The summed E-state index contributed by atoms with van der Waals surface area (Å²) in [6.07, 6.45) is 5.06. The lowest BCUT2D eigenvalue weighted by atomic mass is 9.96. The van der Waals surface area contributed by atoms with E-state index in [9.17, 15) is 0 Å². The minimum atomic E-state index is 0.459. The average Bonchev–Trinajstić information content (AvgIpc) is 3.02. The number of fused-ring (bicyclic) bond motifs is 2. The Balaban J connectivity index is 1.76. The van der Waals surface area contributed by atoms with E-state index in [1.54, 1.807) is 11.2 Å². The third-order valence-electron chi connectivity index (χ3n) is 4.92. The molecule has 22 heavy (non-hydrogen) atoms. The molecule has 4 rings (SSSR count). The molecule has 4 heterocycles. The van der Waals surface area contributed by atoms with Crippen molar-refractivity contribution in [2.24, 2.45) is 0 Å². The fraction of sp³-hybridized carbons (Fsp3) is 0.529. The number of rotatable bonds is 2. The molecule has 0 fully saturated rings. The van der Waals surface area contributed by atoms with Crippen molar-refractivity contribution in [1.29, 1.82) is 0 Å². The van der Waals surface area contributed by atoms with Gasteiger partial charge in [-0.3, -0.25) is 0 Å². The van der Waals surface area contributed by atoms with E-state index in [2.05, 4.69) is 40.2 Å². The summed E-state index contributed by atoms with van der Waals surface area (Å²) >= 11 is 1.90. The highest BCUT2D eigenvalue weighted by Crippen LogP contribution is 2.39. The van der Waals surface area contributed by atoms with Crippen LogP contribution < -0.4 is 4.90 Å². The van der Waals surface area contributed by atoms with Crippen LogP contribution in [0.3, 0.4) is 0 Å². The second-order valence-corrected chi connectivity index (χ2v) is 7.28. The van der Waals surface area contributed by atoms with Gasteiger partial charge in [0.25, 0.3) is 0 Å². The summed E-state index contributed by atoms with van der Waals surface area (Å²) in [6.45, 7) is 5.41. The van der Waals surface area contributed by atoms with Gasteiger partial charge in [0.05, 0.1) is 11.7 Å². The molecular formula is C17H22N4S. The Labute approximate surface area is 135 Å². The number of nitrogens with zero attached hydrogens (tertiary/aromatic N) is 4. The molecule has 0 radical (unpaired) electrons. The van der Waals surface area contributed by atoms with Gasteiger partial charge in [-0.1, -0.05) is 6.92 Å². The van der Waals surface area contributed by atoms with Gasteiger partial charge in [0.15, 0.2) is 0 Å². The predicted octanol–water partition coefficient (Wildman–Crippen LogP) is 3.04. The Hall–Kier alpha value is -1.46. The van der Waals surface area contributed by atoms with Gasteiger partial charge in [0.1, 0.15) is 12.1 Å². The summed E-state index contributed by atoms with van der Waals surface area (Å²) in [7, 11) is 2.18. The number of anilines is 1. The third kappa shape index (κ3) is 2.23. The highest BCUT2D eigenvalue weighted by atomic mass is 32.1. The van der Waals surface area contributed by atoms with Crippen LogP contribution in [-0.4, -0.2) is 35.0 Å². The summed E-state index contributed by atoms with van der Waals surface area (Å²) in [5, 5.41) is 2.24. The fourth-order valence-electron chi connectivity index (χ4n) is 3.80. The summed E-state index contributed by atoms with van der Waals surface area (Å²) in [4.78, 5) is 15.7. The molecule has 0 spiro atoms. The number of hydrogen-bond acceptors (Lipinski definition) is 5. The molecule has 4 nitrogen and oxygen atoms in total. The van der Waals surface area contributed by atoms with Crippen molar-refractivity contribution in [3.05, 3.63) is 39.5 Å². The molecule has 1 atom stereocenters. The lowest BCUT2D eigenvalue weighted by Crippen LogP contribution is -2.37. The summed E-state index contributed by atoms with van der Waals surface area (Å²) in [6, 6.07) is 2.77. The maximum absolute atomic E-state index is 4.70. The van der Waals surface area contributed by atoms with E-state index < -0.39 is 0 Å². The maximum atomic E-state index is 4.70. The van der Waals surface area contributed by atoms with Crippen LogP contribution >= 0.6 is 11.3 Å². The van der Waals surface area contributed by atoms with Crippen molar-refractivity contribution in [2.75, 3.05) is 25.0 Å². The van der Waals surface area contributed by atoms with Gasteiger partial charge < -0.3 is 9.80 Å². The standard InChI is InChI=1S/C17H22N4S/c1-3-15-12-6-9-22-16(12)5-8-21(15)17-13-10-20(2)7-4-14(13)18-11-19-17/h6,9,11,15H,3-5,7-8,10H2,1-2H3/t15-/m1/s1. The van der Waals surface area contributed by atoms with Crippen LogP contribution in [0.4, 0.5) is 5.82 Å². The second kappa shape index (κ2) is 5.63. The number of hydrogen-bond donors (Lipinski definition) is 0. The lowest BCUT2D eigenvalue weighted by molar-refractivity contribution is 0.308. The molecule has 0 aliphatic carbocycles. The van der Waals surface area contributed by atoms with Gasteiger partial charge in [0, 0.05) is 36.5 Å². The largest absolute Gasteiger partial charge is 0.349 e. The van der Waals surface area contributed by atoms with Crippen molar-refractivity contribution >= 4 is 17.2 Å². The molecule has 0 aromatic carbocycles. The Morgan fingerprint density at radius 2 is 2.18 bits per heavy atom. The Bertz CT molecular complexity index is 681. The van der Waals surface area contributed by atoms with Crippen LogP contribution in [-0.2, 0) is 19.4 Å². The van der Waals surface area contributed by atoms with E-state index in [0.29, 0.717) is 6.04 Å². The fourth-order valence-corrected chi connectivity index (χ4v) is 4.73. The van der Waals surface area contributed by atoms with Crippen LogP contribution in [0, 0.1) is 0 Å². The zero-order valence-corrected chi connectivity index (χ0v) is 14.1. The Morgan fingerprint density at radius 3 is 3.05 bits per heavy atom. The van der Waals surface area contributed by atoms with Gasteiger partial charge in [0.2, 0.25) is 0 Å². The molecule has 0 N–H and O–H groups in total. The van der Waals surface area contributed by atoms with Crippen LogP contribution in [0.1, 0.15) is 41.1 Å². The van der Waals surface area contributed by atoms with Crippen molar-refractivity contribution < 1.29 is 0 Å². The second-order valence-electron chi connectivity index (χ2n) is 6.28. The van der Waals surface area contributed by atoms with E-state index in [-0.39, 0.29) is 0 Å². The molecule has 0 amide bonds. The summed E-state index contributed by atoms with van der Waals surface area (Å²) in [5.41, 5.74) is 4.10. The van der Waals surface area contributed by atoms with Crippen molar-refractivity contribution in [1.82, 2.24) is 14.9 Å². The van der Waals surface area contributed by atoms with Crippen LogP contribution in [0.5, 0.6) is 0 Å². The quantitative estimate of drug-likeness (QED) is 0.853. The van der Waals surface area contributed by atoms with Gasteiger partial charge in [-0.2, -0.15) is 0 Å². The van der Waals surface area contributed by atoms with Crippen molar-refractivity contribution in [3.8, 4) is 0 Å². The zero-order chi connectivity index (χ0) is 15.1. The molecule has 0 saturated carbocycles. The van der Waals surface area contributed by atoms with Gasteiger partial charge >= 0.3 is 0 Å². The SMILES string of the molecule is CC[C@@H]1c2ccsc2CCN1c1ncnc2c1CN(C)CC2. The molecule has 0 saturated heterocycles. The molecule has 5 heteroatoms. The minimum Gasteiger partial charge on any atom is -0.349 e. The molecule has 0 unspecified atom stereocenters. The smallest absolute Gasteiger partial charge is 0.137 e. The molecule has 2 aromatic rings. The minimum absolute atomic E-state index is 0.459. The van der Waals surface area contributed by atoms with E-state index in [1.165, 1.54) is 22.6 Å². The van der Waals surface area contributed by atoms with E-state index in [4.69, 9.17) is 4.98 Å². The first-order chi connectivity index (χ1) is 10.8. The first-order valence-electron chi connectivity index (χ1n) is 8.12. The van der Waals surface area contributed by atoms with Crippen LogP contribution in [0.15, 0.2) is 17.8 Å². The third-order valence-corrected chi connectivity index (χ3v) is 5.92. The van der Waals surface area contributed by atoms with E-state index in [0.717, 1.165) is 38.9 Å². The first-order valence-corrected chi connectivity index (χ1v) is 9.00. The molecule has 0 bridgehead atoms. The zero-order valence-electron chi connectivity index (χ0n) is 13.2. The monoisotopic (exact) mass is 314 g/mol. The van der Waals surface area contributed by atoms with Crippen molar-refractivity contribution in [3.63, 3.8) is 0 Å². The highest BCUT2D eigenvalue weighted by Gasteiger charge is 2.31. The Kier molecular flexibility index (Phi) is 3.62. The maximum Gasteiger partial charge on any atom is 0.137 e. The van der Waals surface area contributed by atoms with Gasteiger partial charge in [-0.15, -0.1) is 11.3 Å². The molecular weight excluding hydrogens is 292 g/mol. The van der Waals surface area contributed by atoms with Gasteiger partial charge in [-0.05, 0) is 36.9 Å². The van der Waals surface area contributed by atoms with E-state index >= 15 is 0 Å². The first kappa shape index (κ1) is 14.2. The normalized spacial score (nSPS) is 21.5. The molecule has 2 aliphatic heterocycles. The average molecular weight is 314 g/mol. The van der Waals surface area contributed by atoms with Gasteiger partial charge in [-0.25, -0.2) is 9.97 Å². The predicted molar refractivity (Wildman–Crippen MR) is 90.5 cm³/mol. The lowest BCUT2D eigenvalue weighted by Gasteiger charge is -2.38. The van der Waals surface area contributed by atoms with Crippen LogP contribution in [0.2, 0.25) is 0 Å². The topological polar surface area (TPSA) is 32.3 Å².